The van der Waals surface area contributed by atoms with Crippen LogP contribution < -0.4 is 10.6 Å². The Morgan fingerprint density at radius 3 is 2.07 bits per heavy atom. The first kappa shape index (κ1) is 37.1. The third-order valence-corrected chi connectivity index (χ3v) is 7.50. The number of carboxylic acids is 1. The average Bonchev–Trinajstić information content (AvgIpc) is 2.96. The highest BCUT2D eigenvalue weighted by Gasteiger charge is 2.32. The van der Waals surface area contributed by atoms with Gasteiger partial charge in [0.05, 0.1) is 19.1 Å². The number of ketones is 3. The van der Waals surface area contributed by atoms with Gasteiger partial charge in [-0.05, 0) is 48.6 Å². The number of halogens is 1. The lowest BCUT2D eigenvalue weighted by molar-refractivity contribution is -0.141. The van der Waals surface area contributed by atoms with Gasteiger partial charge < -0.3 is 30.4 Å². The Hall–Kier alpha value is -4.09. The summed E-state index contributed by atoms with van der Waals surface area (Å²) in [5, 5.41) is 24.5. The van der Waals surface area contributed by atoms with Crippen LogP contribution >= 0.6 is 11.6 Å². The van der Waals surface area contributed by atoms with Gasteiger partial charge in [-0.25, -0.2) is 0 Å². The molecule has 45 heavy (non-hydrogen) atoms. The summed E-state index contributed by atoms with van der Waals surface area (Å²) in [6.07, 6.45) is -0.804. The van der Waals surface area contributed by atoms with Crippen molar-refractivity contribution in [2.24, 2.45) is 17.8 Å². The SMILES string of the molecule is CC(=O)C[C@@H](Cc1ccc(O)cc1)C(=O)NC(C(=O)C[C@@H](C)C(=O)N[C@@H](CC(=O)O)C(=O)COCc1ccccc1Cl)C(C)C. The highest BCUT2D eigenvalue weighted by atomic mass is 35.5. The number of benzene rings is 2. The average molecular weight is 645 g/mol. The van der Waals surface area contributed by atoms with E-state index < -0.39 is 66.3 Å². The van der Waals surface area contributed by atoms with Crippen molar-refractivity contribution in [2.75, 3.05) is 6.61 Å². The van der Waals surface area contributed by atoms with Crippen LogP contribution in [-0.4, -0.2) is 64.0 Å². The minimum atomic E-state index is -1.38. The molecule has 2 rings (SSSR count). The molecule has 2 aromatic rings. The lowest BCUT2D eigenvalue weighted by Crippen LogP contribution is -2.49. The smallest absolute Gasteiger partial charge is 0.305 e. The van der Waals surface area contributed by atoms with E-state index in [2.05, 4.69) is 10.6 Å². The van der Waals surface area contributed by atoms with Crippen LogP contribution in [0.1, 0.15) is 58.1 Å². The zero-order valence-electron chi connectivity index (χ0n) is 25.9. The van der Waals surface area contributed by atoms with Crippen molar-refractivity contribution in [2.45, 2.75) is 72.1 Å². The maximum atomic E-state index is 13.3. The van der Waals surface area contributed by atoms with Crippen molar-refractivity contribution < 1.29 is 43.7 Å². The number of hydrogen-bond donors (Lipinski definition) is 4. The molecule has 0 spiro atoms. The predicted octanol–water partition coefficient (Wildman–Crippen LogP) is 3.66. The first-order valence-corrected chi connectivity index (χ1v) is 15.0. The molecule has 4 atom stereocenters. The first-order valence-electron chi connectivity index (χ1n) is 14.6. The molecule has 1 unspecified atom stereocenters. The van der Waals surface area contributed by atoms with E-state index in [1.54, 1.807) is 50.2 Å². The lowest BCUT2D eigenvalue weighted by Gasteiger charge is -2.26. The summed E-state index contributed by atoms with van der Waals surface area (Å²) >= 11 is 6.09. The largest absolute Gasteiger partial charge is 0.508 e. The monoisotopic (exact) mass is 644 g/mol. The van der Waals surface area contributed by atoms with E-state index in [1.165, 1.54) is 26.0 Å². The van der Waals surface area contributed by atoms with Crippen LogP contribution in [0.25, 0.3) is 0 Å². The molecule has 0 aliphatic heterocycles. The lowest BCUT2D eigenvalue weighted by atomic mass is 9.90. The van der Waals surface area contributed by atoms with Gasteiger partial charge in [0.15, 0.2) is 11.6 Å². The number of phenols is 1. The number of amides is 2. The Kier molecular flexibility index (Phi) is 14.9. The molecule has 0 radical (unpaired) electrons. The highest BCUT2D eigenvalue weighted by molar-refractivity contribution is 6.31. The Morgan fingerprint density at radius 1 is 0.844 bits per heavy atom. The number of Topliss-reactive ketones (excluding diaryl/α,β-unsaturated/α-hetero) is 3. The van der Waals surface area contributed by atoms with E-state index in [9.17, 15) is 39.0 Å². The van der Waals surface area contributed by atoms with E-state index in [0.29, 0.717) is 10.6 Å². The van der Waals surface area contributed by atoms with Gasteiger partial charge in [0.2, 0.25) is 11.8 Å². The number of carbonyl (C=O) groups excluding carboxylic acids is 5. The molecule has 2 amide bonds. The van der Waals surface area contributed by atoms with Gasteiger partial charge in [-0.2, -0.15) is 0 Å². The molecule has 0 bridgehead atoms. The summed E-state index contributed by atoms with van der Waals surface area (Å²) in [6.45, 7) is 5.84. The summed E-state index contributed by atoms with van der Waals surface area (Å²) in [6, 6.07) is 10.8. The van der Waals surface area contributed by atoms with Crippen molar-refractivity contribution in [3.63, 3.8) is 0 Å². The molecule has 0 saturated carbocycles. The maximum absolute atomic E-state index is 13.3. The van der Waals surface area contributed by atoms with Gasteiger partial charge in [0.25, 0.3) is 0 Å². The molecule has 2 aromatic carbocycles. The van der Waals surface area contributed by atoms with Crippen LogP contribution in [0.4, 0.5) is 0 Å². The van der Waals surface area contributed by atoms with Gasteiger partial charge in [-0.3, -0.25) is 24.0 Å². The van der Waals surface area contributed by atoms with Crippen LogP contribution in [-0.2, 0) is 46.5 Å². The fourth-order valence-corrected chi connectivity index (χ4v) is 4.83. The Labute approximate surface area is 267 Å². The third-order valence-electron chi connectivity index (χ3n) is 7.13. The summed E-state index contributed by atoms with van der Waals surface area (Å²) in [5.74, 6) is -5.79. The molecule has 12 heteroatoms. The minimum Gasteiger partial charge on any atom is -0.508 e. The summed E-state index contributed by atoms with van der Waals surface area (Å²) in [7, 11) is 0. The quantitative estimate of drug-likeness (QED) is 0.178. The van der Waals surface area contributed by atoms with Gasteiger partial charge in [0.1, 0.15) is 24.2 Å². The summed E-state index contributed by atoms with van der Waals surface area (Å²) in [5.41, 5.74) is 1.37. The predicted molar refractivity (Wildman–Crippen MR) is 166 cm³/mol. The fourth-order valence-electron chi connectivity index (χ4n) is 4.64. The number of aliphatic carboxylic acids is 1. The van der Waals surface area contributed by atoms with Crippen LogP contribution in [0.3, 0.4) is 0 Å². The second-order valence-electron chi connectivity index (χ2n) is 11.5. The Morgan fingerprint density at radius 2 is 1.49 bits per heavy atom. The summed E-state index contributed by atoms with van der Waals surface area (Å²) in [4.78, 5) is 75.6. The van der Waals surface area contributed by atoms with Gasteiger partial charge in [-0.1, -0.05) is 62.7 Å². The number of nitrogens with one attached hydrogen (secondary N) is 2. The van der Waals surface area contributed by atoms with Crippen molar-refractivity contribution in [1.82, 2.24) is 10.6 Å². The number of carbonyl (C=O) groups is 6. The van der Waals surface area contributed by atoms with E-state index in [-0.39, 0.29) is 43.3 Å². The normalized spacial score (nSPS) is 13.7. The number of hydrogen-bond acceptors (Lipinski definition) is 8. The zero-order chi connectivity index (χ0) is 33.7. The van der Waals surface area contributed by atoms with Crippen molar-refractivity contribution in [3.05, 3.63) is 64.7 Å². The van der Waals surface area contributed by atoms with Gasteiger partial charge in [-0.15, -0.1) is 0 Å². The third kappa shape index (κ3) is 12.8. The summed E-state index contributed by atoms with van der Waals surface area (Å²) < 4.78 is 5.41. The second-order valence-corrected chi connectivity index (χ2v) is 11.9. The van der Waals surface area contributed by atoms with Crippen LogP contribution in [0, 0.1) is 17.8 Å². The number of carboxylic acid groups (broad SMARTS) is 1. The van der Waals surface area contributed by atoms with E-state index >= 15 is 0 Å². The van der Waals surface area contributed by atoms with Crippen LogP contribution in [0.2, 0.25) is 5.02 Å². The molecule has 244 valence electrons. The molecule has 4 N–H and O–H groups in total. The molecule has 0 aliphatic carbocycles. The number of rotatable bonds is 19. The first-order chi connectivity index (χ1) is 21.2. The molecular formula is C33H41ClN2O9. The Bertz CT molecular complexity index is 1360. The highest BCUT2D eigenvalue weighted by Crippen LogP contribution is 2.19. The maximum Gasteiger partial charge on any atom is 0.305 e. The fraction of sp³-hybridized carbons (Fsp3) is 0.455. The molecular weight excluding hydrogens is 604 g/mol. The van der Waals surface area contributed by atoms with Crippen molar-refractivity contribution >= 4 is 46.7 Å². The van der Waals surface area contributed by atoms with E-state index in [0.717, 1.165) is 5.56 Å². The Balaban J connectivity index is 2.03. The second kappa shape index (κ2) is 18.0. The minimum absolute atomic E-state index is 0.00851. The topological polar surface area (TPSA) is 176 Å². The number of aromatic hydroxyl groups is 1. The van der Waals surface area contributed by atoms with Gasteiger partial charge >= 0.3 is 5.97 Å². The van der Waals surface area contributed by atoms with E-state index in [1.807, 2.05) is 0 Å². The number of phenolic OH excluding ortho intramolecular Hbond substituents is 1. The standard InChI is InChI=1S/C33H41ClN2O9/c1-19(2)31(36-33(44)24(14-21(4)37)15-22-9-11-25(38)12-10-22)28(39)13-20(3)32(43)35-27(16-30(41)42)29(40)18-45-17-23-7-5-6-8-26(23)34/h5-12,19-20,24,27,31,38H,13-18H2,1-4H3,(H,35,43)(H,36,44)(H,41,42)/t20-,24+,27+,31?/m1/s1. The van der Waals surface area contributed by atoms with Crippen molar-refractivity contribution in [3.8, 4) is 5.75 Å². The molecule has 0 aromatic heterocycles. The van der Waals surface area contributed by atoms with Crippen LogP contribution in [0.5, 0.6) is 5.75 Å². The van der Waals surface area contributed by atoms with E-state index in [4.69, 9.17) is 16.3 Å². The molecule has 0 saturated heterocycles. The molecule has 0 heterocycles. The van der Waals surface area contributed by atoms with Crippen molar-refractivity contribution in [1.29, 1.82) is 0 Å². The molecule has 0 aliphatic rings. The number of ether oxygens (including phenoxy) is 1. The van der Waals surface area contributed by atoms with Gasteiger partial charge in [0, 0.05) is 29.7 Å². The molecule has 11 nitrogen and oxygen atoms in total. The van der Waals surface area contributed by atoms with Crippen LogP contribution in [0.15, 0.2) is 48.5 Å². The molecule has 0 fully saturated rings. The zero-order valence-corrected chi connectivity index (χ0v) is 26.6.